The lowest BCUT2D eigenvalue weighted by Crippen LogP contribution is -2.39. The molecule has 1 aromatic rings. The topological polar surface area (TPSA) is 52.6 Å². The highest BCUT2D eigenvalue weighted by Gasteiger charge is 2.14. The molecular formula is C14H20N2O2S. The van der Waals surface area contributed by atoms with Gasteiger partial charge in [0, 0.05) is 24.6 Å². The van der Waals surface area contributed by atoms with Crippen molar-refractivity contribution in [2.45, 2.75) is 19.4 Å². The average molecular weight is 280 g/mol. The van der Waals surface area contributed by atoms with Crippen LogP contribution >= 0.6 is 11.3 Å². The van der Waals surface area contributed by atoms with Gasteiger partial charge < -0.3 is 15.3 Å². The standard InChI is InChI=1S/C14H20N2O2S/c1-11(10-16(2)3)15-14(18)13-12(7-9-19-13)6-4-5-8-17/h7,9,11,17H,5,8,10H2,1-3H3,(H,15,18). The van der Waals surface area contributed by atoms with E-state index in [0.717, 1.165) is 12.1 Å². The van der Waals surface area contributed by atoms with Gasteiger partial charge in [-0.25, -0.2) is 0 Å². The van der Waals surface area contributed by atoms with Gasteiger partial charge in [0.1, 0.15) is 4.88 Å². The highest BCUT2D eigenvalue weighted by Crippen LogP contribution is 2.15. The van der Waals surface area contributed by atoms with Crippen LogP contribution in [0, 0.1) is 11.8 Å². The molecule has 0 spiro atoms. The molecule has 0 saturated carbocycles. The van der Waals surface area contributed by atoms with Gasteiger partial charge in [-0.15, -0.1) is 11.3 Å². The third-order valence-electron chi connectivity index (χ3n) is 2.35. The summed E-state index contributed by atoms with van der Waals surface area (Å²) in [7, 11) is 3.94. The quantitative estimate of drug-likeness (QED) is 0.796. The molecule has 4 nitrogen and oxygen atoms in total. The zero-order valence-corrected chi connectivity index (χ0v) is 12.4. The number of hydrogen-bond acceptors (Lipinski definition) is 4. The Morgan fingerprint density at radius 2 is 2.32 bits per heavy atom. The van der Waals surface area contributed by atoms with E-state index in [4.69, 9.17) is 5.11 Å². The number of aliphatic hydroxyl groups is 1. The summed E-state index contributed by atoms with van der Waals surface area (Å²) in [6.45, 7) is 2.81. The van der Waals surface area contributed by atoms with Gasteiger partial charge in [-0.3, -0.25) is 4.79 Å². The van der Waals surface area contributed by atoms with Crippen LogP contribution in [0.2, 0.25) is 0 Å². The highest BCUT2D eigenvalue weighted by molar-refractivity contribution is 7.12. The monoisotopic (exact) mass is 280 g/mol. The predicted molar refractivity (Wildman–Crippen MR) is 78.4 cm³/mol. The molecule has 0 saturated heterocycles. The van der Waals surface area contributed by atoms with Crippen LogP contribution in [0.15, 0.2) is 11.4 Å². The van der Waals surface area contributed by atoms with Gasteiger partial charge in [0.15, 0.2) is 0 Å². The molecule has 2 N–H and O–H groups in total. The predicted octanol–water partition coefficient (Wildman–Crippen LogP) is 1.16. The smallest absolute Gasteiger partial charge is 0.262 e. The molecular weight excluding hydrogens is 260 g/mol. The lowest BCUT2D eigenvalue weighted by molar-refractivity contribution is 0.0938. The zero-order chi connectivity index (χ0) is 14.3. The van der Waals surface area contributed by atoms with E-state index in [9.17, 15) is 4.79 Å². The average Bonchev–Trinajstić information content (AvgIpc) is 2.76. The van der Waals surface area contributed by atoms with Gasteiger partial charge in [-0.05, 0) is 32.5 Å². The van der Waals surface area contributed by atoms with Crippen LogP contribution in [0.4, 0.5) is 0 Å². The van der Waals surface area contributed by atoms with Crippen molar-refractivity contribution in [1.82, 2.24) is 10.2 Å². The normalized spacial score (nSPS) is 11.8. The van der Waals surface area contributed by atoms with Gasteiger partial charge in [-0.2, -0.15) is 0 Å². The van der Waals surface area contributed by atoms with Crippen LogP contribution in [0.25, 0.3) is 0 Å². The Balaban J connectivity index is 2.68. The fourth-order valence-corrected chi connectivity index (χ4v) is 2.43. The van der Waals surface area contributed by atoms with Crippen molar-refractivity contribution in [3.8, 4) is 11.8 Å². The minimum Gasteiger partial charge on any atom is -0.395 e. The lowest BCUT2D eigenvalue weighted by atomic mass is 10.2. The number of likely N-dealkylation sites (N-methyl/N-ethyl adjacent to an activating group) is 1. The first-order chi connectivity index (χ1) is 9.04. The molecule has 1 unspecified atom stereocenters. The van der Waals surface area contributed by atoms with E-state index in [0.29, 0.717) is 11.3 Å². The number of thiophene rings is 1. The van der Waals surface area contributed by atoms with E-state index < -0.39 is 0 Å². The Labute approximate surface area is 118 Å². The molecule has 0 fully saturated rings. The number of amides is 1. The number of nitrogens with zero attached hydrogens (tertiary/aromatic N) is 1. The summed E-state index contributed by atoms with van der Waals surface area (Å²) in [5.41, 5.74) is 0.730. The van der Waals surface area contributed by atoms with E-state index in [1.807, 2.05) is 37.4 Å². The van der Waals surface area contributed by atoms with Gasteiger partial charge in [0.05, 0.1) is 6.61 Å². The Hall–Kier alpha value is -1.35. The van der Waals surface area contributed by atoms with E-state index in [-0.39, 0.29) is 18.6 Å². The Morgan fingerprint density at radius 3 is 2.95 bits per heavy atom. The molecule has 0 aliphatic heterocycles. The SMILES string of the molecule is CC(CN(C)C)NC(=O)c1sccc1C#CCCO. The number of hydrogen-bond donors (Lipinski definition) is 2. The maximum absolute atomic E-state index is 12.1. The maximum atomic E-state index is 12.1. The molecule has 1 aromatic heterocycles. The highest BCUT2D eigenvalue weighted by atomic mass is 32.1. The third-order valence-corrected chi connectivity index (χ3v) is 3.26. The molecule has 0 aliphatic rings. The molecule has 0 aromatic carbocycles. The van der Waals surface area contributed by atoms with Crippen LogP contribution in [0.3, 0.4) is 0 Å². The second-order valence-corrected chi connectivity index (χ2v) is 5.49. The molecule has 0 radical (unpaired) electrons. The molecule has 5 heteroatoms. The Kier molecular flexibility index (Phi) is 6.57. The van der Waals surface area contributed by atoms with Crippen molar-refractivity contribution < 1.29 is 9.90 Å². The first-order valence-corrected chi connectivity index (χ1v) is 7.05. The van der Waals surface area contributed by atoms with Crippen LogP contribution in [0.5, 0.6) is 0 Å². The zero-order valence-electron chi connectivity index (χ0n) is 11.6. The number of carbonyl (C=O) groups excluding carboxylic acids is 1. The van der Waals surface area contributed by atoms with Crippen molar-refractivity contribution in [3.05, 3.63) is 21.9 Å². The summed E-state index contributed by atoms with van der Waals surface area (Å²) in [4.78, 5) is 14.8. The van der Waals surface area contributed by atoms with Gasteiger partial charge >= 0.3 is 0 Å². The van der Waals surface area contributed by atoms with Gasteiger partial charge in [0.25, 0.3) is 5.91 Å². The van der Waals surface area contributed by atoms with Gasteiger partial charge in [0.2, 0.25) is 0 Å². The second-order valence-electron chi connectivity index (χ2n) is 4.58. The summed E-state index contributed by atoms with van der Waals surface area (Å²) in [6.07, 6.45) is 0.425. The molecule has 0 aliphatic carbocycles. The fourth-order valence-electron chi connectivity index (χ4n) is 1.68. The molecule has 1 atom stereocenters. The molecule has 19 heavy (non-hydrogen) atoms. The largest absolute Gasteiger partial charge is 0.395 e. The molecule has 1 heterocycles. The molecule has 0 bridgehead atoms. The van der Waals surface area contributed by atoms with E-state index in [1.165, 1.54) is 11.3 Å². The van der Waals surface area contributed by atoms with Crippen molar-refractivity contribution in [1.29, 1.82) is 0 Å². The lowest BCUT2D eigenvalue weighted by Gasteiger charge is -2.17. The number of aliphatic hydroxyl groups excluding tert-OH is 1. The second kappa shape index (κ2) is 7.95. The summed E-state index contributed by atoms with van der Waals surface area (Å²) < 4.78 is 0. The molecule has 104 valence electrons. The van der Waals surface area contributed by atoms with Crippen molar-refractivity contribution in [2.24, 2.45) is 0 Å². The molecule has 1 rings (SSSR count). The number of rotatable bonds is 5. The van der Waals surface area contributed by atoms with E-state index >= 15 is 0 Å². The van der Waals surface area contributed by atoms with Crippen LogP contribution in [-0.2, 0) is 0 Å². The van der Waals surface area contributed by atoms with E-state index in [1.54, 1.807) is 0 Å². The van der Waals surface area contributed by atoms with Crippen LogP contribution in [0.1, 0.15) is 28.6 Å². The summed E-state index contributed by atoms with van der Waals surface area (Å²) in [5, 5.41) is 13.5. The molecule has 1 amide bonds. The summed E-state index contributed by atoms with van der Waals surface area (Å²) in [6, 6.07) is 1.92. The minimum absolute atomic E-state index is 0.0402. The van der Waals surface area contributed by atoms with Crippen molar-refractivity contribution in [2.75, 3.05) is 27.2 Å². The first-order valence-electron chi connectivity index (χ1n) is 6.17. The number of carbonyl (C=O) groups is 1. The van der Waals surface area contributed by atoms with E-state index in [2.05, 4.69) is 17.2 Å². The summed E-state index contributed by atoms with van der Waals surface area (Å²) in [5.74, 6) is 5.67. The maximum Gasteiger partial charge on any atom is 0.262 e. The minimum atomic E-state index is -0.0855. The Morgan fingerprint density at radius 1 is 1.58 bits per heavy atom. The van der Waals surface area contributed by atoms with Crippen LogP contribution < -0.4 is 5.32 Å². The first kappa shape index (κ1) is 15.7. The number of nitrogens with one attached hydrogen (secondary N) is 1. The Bertz CT molecular complexity index is 471. The fraction of sp³-hybridized carbons (Fsp3) is 0.500. The van der Waals surface area contributed by atoms with Crippen molar-refractivity contribution >= 4 is 17.2 Å². The van der Waals surface area contributed by atoms with Crippen molar-refractivity contribution in [3.63, 3.8) is 0 Å². The van der Waals surface area contributed by atoms with Crippen LogP contribution in [-0.4, -0.2) is 49.2 Å². The van der Waals surface area contributed by atoms with Gasteiger partial charge in [-0.1, -0.05) is 11.8 Å². The third kappa shape index (κ3) is 5.43. The summed E-state index contributed by atoms with van der Waals surface area (Å²) >= 11 is 1.39.